The molecule has 0 saturated carbocycles. The summed E-state index contributed by atoms with van der Waals surface area (Å²) in [5.74, 6) is 0.0233. The van der Waals surface area contributed by atoms with Gasteiger partial charge in [0, 0.05) is 12.1 Å². The van der Waals surface area contributed by atoms with E-state index >= 15 is 0 Å². The number of unbranched alkanes of at least 4 members (excludes halogenated alkanes) is 1. The number of aromatic hydroxyl groups is 1. The number of nitrogens with one attached hydrogen (secondary N) is 2. The smallest absolute Gasteiger partial charge is 0.305 e. The fourth-order valence-corrected chi connectivity index (χ4v) is 4.12. The van der Waals surface area contributed by atoms with Crippen LogP contribution in [0.5, 0.6) is 5.75 Å². The van der Waals surface area contributed by atoms with Crippen LogP contribution in [0.2, 0.25) is 0 Å². The zero-order valence-electron chi connectivity index (χ0n) is 15.5. The second kappa shape index (κ2) is 9.17. The molecule has 0 unspecified atom stereocenters. The molecule has 1 atom stereocenters. The monoisotopic (exact) mass is 386 g/mol. The van der Waals surface area contributed by atoms with Crippen LogP contribution in [-0.2, 0) is 12.8 Å². The third-order valence-corrected chi connectivity index (χ3v) is 5.62. The zero-order chi connectivity index (χ0) is 19.2. The van der Waals surface area contributed by atoms with E-state index in [-0.39, 0.29) is 10.6 Å². The second-order valence-electron chi connectivity index (χ2n) is 6.79. The van der Waals surface area contributed by atoms with Gasteiger partial charge in [0.25, 0.3) is 0 Å². The van der Waals surface area contributed by atoms with E-state index in [4.69, 9.17) is 0 Å². The molecule has 0 aliphatic carbocycles. The molecule has 0 fully saturated rings. The molecule has 5 nitrogen and oxygen atoms in total. The topological polar surface area (TPSA) is 85.3 Å². The molecule has 0 radical (unpaired) electrons. The van der Waals surface area contributed by atoms with Gasteiger partial charge < -0.3 is 20.5 Å². The summed E-state index contributed by atoms with van der Waals surface area (Å²) in [5.41, 5.74) is 3.72. The van der Waals surface area contributed by atoms with Crippen molar-refractivity contribution in [2.24, 2.45) is 0 Å². The van der Waals surface area contributed by atoms with Crippen molar-refractivity contribution in [3.8, 4) is 5.75 Å². The maximum Gasteiger partial charge on any atom is 0.305 e. The predicted molar refractivity (Wildman–Crippen MR) is 111 cm³/mol. The third kappa shape index (κ3) is 4.97. The number of fused-ring (bicyclic) bond motifs is 1. The molecule has 0 aliphatic rings. The average molecular weight is 387 g/mol. The highest BCUT2D eigenvalue weighted by atomic mass is 32.1. The van der Waals surface area contributed by atoms with Crippen LogP contribution in [0.3, 0.4) is 0 Å². The number of hydrogen-bond acceptors (Lipinski definition) is 5. The summed E-state index contributed by atoms with van der Waals surface area (Å²) in [4.78, 5) is 14.0. The summed E-state index contributed by atoms with van der Waals surface area (Å²) in [7, 11) is 0. The normalized spacial score (nSPS) is 12.5. The van der Waals surface area contributed by atoms with E-state index in [2.05, 4.69) is 41.5 Å². The second-order valence-corrected chi connectivity index (χ2v) is 7.77. The van der Waals surface area contributed by atoms with Crippen LogP contribution in [0.4, 0.5) is 0 Å². The Morgan fingerprint density at radius 2 is 1.96 bits per heavy atom. The quantitative estimate of drug-likeness (QED) is 0.424. The highest BCUT2D eigenvalue weighted by Crippen LogP contribution is 2.31. The number of aliphatic hydroxyl groups is 1. The van der Waals surface area contributed by atoms with Crippen molar-refractivity contribution < 1.29 is 10.2 Å². The predicted octanol–water partition coefficient (Wildman–Crippen LogP) is 3.50. The Labute approximate surface area is 162 Å². The molecule has 0 saturated heterocycles. The molecular formula is C21H26N2O3S. The number of rotatable bonds is 9. The maximum atomic E-state index is 11.6. The number of thiazole rings is 1. The first-order chi connectivity index (χ1) is 13.1. The van der Waals surface area contributed by atoms with Crippen molar-refractivity contribution in [3.05, 3.63) is 62.8 Å². The Hall–Kier alpha value is -2.15. The van der Waals surface area contributed by atoms with Crippen molar-refractivity contribution in [2.45, 2.75) is 38.7 Å². The largest absolute Gasteiger partial charge is 0.506 e. The first-order valence-corrected chi connectivity index (χ1v) is 10.2. The van der Waals surface area contributed by atoms with Crippen molar-refractivity contribution in [1.29, 1.82) is 0 Å². The first kappa shape index (κ1) is 19.6. The molecule has 144 valence electrons. The molecule has 0 amide bonds. The van der Waals surface area contributed by atoms with Gasteiger partial charge in [-0.15, -0.1) is 0 Å². The number of aromatic amines is 1. The van der Waals surface area contributed by atoms with E-state index in [1.807, 2.05) is 0 Å². The molecule has 6 heteroatoms. The highest BCUT2D eigenvalue weighted by molar-refractivity contribution is 7.16. The minimum Gasteiger partial charge on any atom is -0.506 e. The molecule has 4 N–H and O–H groups in total. The fraction of sp³-hybridized carbons (Fsp3) is 0.381. The molecule has 27 heavy (non-hydrogen) atoms. The van der Waals surface area contributed by atoms with E-state index in [1.54, 1.807) is 6.07 Å². The molecule has 2 aromatic carbocycles. The summed E-state index contributed by atoms with van der Waals surface area (Å²) >= 11 is 1.01. The van der Waals surface area contributed by atoms with E-state index in [1.165, 1.54) is 30.0 Å². The Balaban J connectivity index is 1.55. The van der Waals surface area contributed by atoms with Gasteiger partial charge in [-0.25, -0.2) is 0 Å². The van der Waals surface area contributed by atoms with Crippen molar-refractivity contribution in [3.63, 3.8) is 0 Å². The van der Waals surface area contributed by atoms with Gasteiger partial charge in [0.05, 0.1) is 10.8 Å². The van der Waals surface area contributed by atoms with Crippen LogP contribution >= 0.6 is 11.3 Å². The standard InChI is InChI=1S/C21H26N2O3S/c1-2-3-5-14-6-4-7-15(12-14)10-11-22-13-18(25)16-8-9-17(24)19-20(16)27-21(26)23-19/h4,6-9,12,18,22,24-25H,2-3,5,10-11,13H2,1H3,(H,23,26)/t18-/m0/s1. The fourth-order valence-electron chi connectivity index (χ4n) is 3.20. The lowest BCUT2D eigenvalue weighted by atomic mass is 10.0. The highest BCUT2D eigenvalue weighted by Gasteiger charge is 2.15. The Morgan fingerprint density at radius 1 is 1.19 bits per heavy atom. The van der Waals surface area contributed by atoms with E-state index in [9.17, 15) is 15.0 Å². The number of aryl methyl sites for hydroxylation is 1. The summed E-state index contributed by atoms with van der Waals surface area (Å²) < 4.78 is 0.609. The van der Waals surface area contributed by atoms with Crippen LogP contribution in [0.15, 0.2) is 41.2 Å². The van der Waals surface area contributed by atoms with Crippen LogP contribution < -0.4 is 10.2 Å². The van der Waals surface area contributed by atoms with Gasteiger partial charge in [-0.1, -0.05) is 55.0 Å². The van der Waals surface area contributed by atoms with Gasteiger partial charge in [0.1, 0.15) is 11.3 Å². The number of aliphatic hydroxyl groups excluding tert-OH is 1. The number of hydrogen-bond donors (Lipinski definition) is 4. The van der Waals surface area contributed by atoms with Crippen LogP contribution in [-0.4, -0.2) is 28.3 Å². The van der Waals surface area contributed by atoms with Gasteiger partial charge in [0.15, 0.2) is 0 Å². The zero-order valence-corrected chi connectivity index (χ0v) is 16.3. The van der Waals surface area contributed by atoms with Crippen LogP contribution in [0.25, 0.3) is 10.2 Å². The lowest BCUT2D eigenvalue weighted by Crippen LogP contribution is -2.23. The lowest BCUT2D eigenvalue weighted by molar-refractivity contribution is 0.176. The van der Waals surface area contributed by atoms with Crippen molar-refractivity contribution >= 4 is 21.6 Å². The van der Waals surface area contributed by atoms with Gasteiger partial charge >= 0.3 is 4.87 Å². The minimum atomic E-state index is -0.740. The van der Waals surface area contributed by atoms with E-state index < -0.39 is 6.10 Å². The lowest BCUT2D eigenvalue weighted by Gasteiger charge is -2.13. The van der Waals surface area contributed by atoms with Crippen LogP contribution in [0.1, 0.15) is 42.6 Å². The molecule has 3 aromatic rings. The number of phenolic OH excluding ortho intramolecular Hbond substituents is 1. The Morgan fingerprint density at radius 3 is 2.74 bits per heavy atom. The SMILES string of the molecule is CCCCc1cccc(CCNC[C@H](O)c2ccc(O)c3[nH]c(=O)sc23)c1. The molecule has 3 rings (SSSR count). The summed E-state index contributed by atoms with van der Waals surface area (Å²) in [6, 6.07) is 11.9. The number of H-pyrrole nitrogens is 1. The van der Waals surface area contributed by atoms with E-state index in [0.29, 0.717) is 22.3 Å². The Bertz CT molecular complexity index is 948. The maximum absolute atomic E-state index is 11.6. The molecule has 1 aromatic heterocycles. The van der Waals surface area contributed by atoms with Crippen LogP contribution in [0, 0.1) is 0 Å². The van der Waals surface area contributed by atoms with Crippen molar-refractivity contribution in [2.75, 3.05) is 13.1 Å². The number of phenols is 1. The van der Waals surface area contributed by atoms with Gasteiger partial charge in [-0.3, -0.25) is 4.79 Å². The molecule has 0 aliphatic heterocycles. The third-order valence-electron chi connectivity index (χ3n) is 4.69. The average Bonchev–Trinajstić information content (AvgIpc) is 3.06. The number of aromatic nitrogens is 1. The van der Waals surface area contributed by atoms with Gasteiger partial charge in [-0.2, -0.15) is 0 Å². The van der Waals surface area contributed by atoms with E-state index in [0.717, 1.165) is 30.7 Å². The number of benzene rings is 2. The first-order valence-electron chi connectivity index (χ1n) is 9.39. The van der Waals surface area contributed by atoms with Gasteiger partial charge in [-0.05, 0) is 43.0 Å². The molecule has 1 heterocycles. The summed E-state index contributed by atoms with van der Waals surface area (Å²) in [6.45, 7) is 3.35. The Kier molecular flexibility index (Phi) is 6.66. The molecular weight excluding hydrogens is 360 g/mol. The molecule has 0 spiro atoms. The molecule has 0 bridgehead atoms. The van der Waals surface area contributed by atoms with Gasteiger partial charge in [0.2, 0.25) is 0 Å². The summed E-state index contributed by atoms with van der Waals surface area (Å²) in [5, 5.41) is 23.6. The summed E-state index contributed by atoms with van der Waals surface area (Å²) in [6.07, 6.45) is 3.68. The van der Waals surface area contributed by atoms with Crippen molar-refractivity contribution in [1.82, 2.24) is 10.3 Å². The minimum absolute atomic E-state index is 0.0233.